The van der Waals surface area contributed by atoms with E-state index < -0.39 is 17.4 Å². The second-order valence-electron chi connectivity index (χ2n) is 5.47. The number of nitrogens with one attached hydrogen (secondary N) is 1. The first kappa shape index (κ1) is 16.5. The number of hydrogen-bond acceptors (Lipinski definition) is 3. The van der Waals surface area contributed by atoms with Crippen LogP contribution in [0.4, 0.5) is 13.2 Å². The van der Waals surface area contributed by atoms with Crippen LogP contribution in [0.25, 0.3) is 0 Å². The molecule has 7 heteroatoms. The molecule has 112 valence electrons. The number of halogens is 3. The smallest absolute Gasteiger partial charge is 0.297 e. The van der Waals surface area contributed by atoms with E-state index in [2.05, 4.69) is 16.5 Å². The van der Waals surface area contributed by atoms with E-state index in [4.69, 9.17) is 0 Å². The number of aromatic nitrogens is 2. The van der Waals surface area contributed by atoms with E-state index in [9.17, 15) is 18.4 Å². The zero-order valence-electron chi connectivity index (χ0n) is 12.0. The Kier molecular flexibility index (Phi) is 4.81. The van der Waals surface area contributed by atoms with E-state index in [0.29, 0.717) is 6.42 Å². The van der Waals surface area contributed by atoms with E-state index in [-0.39, 0.29) is 12.1 Å². The molecule has 0 aliphatic carbocycles. The number of nitrogens with zero attached hydrogens (tertiary/aromatic N) is 3. The standard InChI is InChI=1S/C13H19F3N4/c1-9(2)18-12(4,8-17)7-10(3)20-6-5-11(19-20)13(14,15)16/h5-6,9-10,18H,7H2,1-4H3. The quantitative estimate of drug-likeness (QED) is 0.905. The Bertz CT molecular complexity index is 487. The SMILES string of the molecule is CC(C)NC(C)(C#N)CC(C)n1ccc(C(F)(F)F)n1. The Morgan fingerprint density at radius 3 is 2.40 bits per heavy atom. The van der Waals surface area contributed by atoms with Crippen LogP contribution in [0.3, 0.4) is 0 Å². The second-order valence-corrected chi connectivity index (χ2v) is 5.47. The van der Waals surface area contributed by atoms with Crippen LogP contribution in [-0.4, -0.2) is 21.4 Å². The average molecular weight is 288 g/mol. The lowest BCUT2D eigenvalue weighted by molar-refractivity contribution is -0.141. The van der Waals surface area contributed by atoms with Gasteiger partial charge in [-0.1, -0.05) is 0 Å². The Morgan fingerprint density at radius 1 is 1.40 bits per heavy atom. The predicted octanol–water partition coefficient (Wildman–Crippen LogP) is 3.13. The summed E-state index contributed by atoms with van der Waals surface area (Å²) >= 11 is 0. The van der Waals surface area contributed by atoms with Crippen molar-refractivity contribution < 1.29 is 13.2 Å². The van der Waals surface area contributed by atoms with E-state index in [1.54, 1.807) is 13.8 Å². The fourth-order valence-corrected chi connectivity index (χ4v) is 2.19. The maximum Gasteiger partial charge on any atom is 0.435 e. The van der Waals surface area contributed by atoms with Crippen LogP contribution in [0.15, 0.2) is 12.3 Å². The molecule has 0 radical (unpaired) electrons. The van der Waals surface area contributed by atoms with E-state index in [1.807, 2.05) is 13.8 Å². The van der Waals surface area contributed by atoms with Gasteiger partial charge in [-0.15, -0.1) is 0 Å². The Labute approximate surface area is 116 Å². The Balaban J connectivity index is 2.83. The lowest BCUT2D eigenvalue weighted by Gasteiger charge is -2.28. The lowest BCUT2D eigenvalue weighted by atomic mass is 9.94. The molecule has 20 heavy (non-hydrogen) atoms. The second kappa shape index (κ2) is 5.83. The number of alkyl halides is 3. The summed E-state index contributed by atoms with van der Waals surface area (Å²) < 4.78 is 38.8. The summed E-state index contributed by atoms with van der Waals surface area (Å²) in [6.07, 6.45) is -2.79. The highest BCUT2D eigenvalue weighted by Gasteiger charge is 2.34. The molecule has 0 amide bonds. The van der Waals surface area contributed by atoms with Crippen LogP contribution in [0, 0.1) is 11.3 Å². The van der Waals surface area contributed by atoms with E-state index in [1.165, 1.54) is 10.9 Å². The zero-order chi connectivity index (χ0) is 15.6. The van der Waals surface area contributed by atoms with Gasteiger partial charge >= 0.3 is 6.18 Å². The summed E-state index contributed by atoms with van der Waals surface area (Å²) in [4.78, 5) is 0. The molecule has 1 rings (SSSR count). The van der Waals surface area contributed by atoms with Gasteiger partial charge in [0.2, 0.25) is 0 Å². The van der Waals surface area contributed by atoms with Crippen LogP contribution >= 0.6 is 0 Å². The van der Waals surface area contributed by atoms with Crippen molar-refractivity contribution in [1.82, 2.24) is 15.1 Å². The molecular weight excluding hydrogens is 269 g/mol. The maximum absolute atomic E-state index is 12.5. The summed E-state index contributed by atoms with van der Waals surface area (Å²) in [5.74, 6) is 0. The third-order valence-corrected chi connectivity index (χ3v) is 2.91. The van der Waals surface area contributed by atoms with Crippen LogP contribution < -0.4 is 5.32 Å². The summed E-state index contributed by atoms with van der Waals surface area (Å²) in [6, 6.07) is 2.90. The lowest BCUT2D eigenvalue weighted by Crippen LogP contribution is -2.46. The average Bonchev–Trinajstić information content (AvgIpc) is 2.76. The van der Waals surface area contributed by atoms with Crippen molar-refractivity contribution >= 4 is 0 Å². The summed E-state index contributed by atoms with van der Waals surface area (Å²) in [5, 5.41) is 15.9. The highest BCUT2D eigenvalue weighted by molar-refractivity contribution is 5.07. The number of nitriles is 1. The van der Waals surface area contributed by atoms with Crippen molar-refractivity contribution in [2.24, 2.45) is 0 Å². The molecule has 4 nitrogen and oxygen atoms in total. The molecule has 0 aliphatic rings. The fraction of sp³-hybridized carbons (Fsp3) is 0.692. The zero-order valence-corrected chi connectivity index (χ0v) is 12.0. The minimum absolute atomic E-state index is 0.107. The van der Waals surface area contributed by atoms with Gasteiger partial charge in [0.05, 0.1) is 12.1 Å². The topological polar surface area (TPSA) is 53.6 Å². The minimum atomic E-state index is -4.44. The molecule has 0 fully saturated rings. The van der Waals surface area contributed by atoms with Crippen molar-refractivity contribution in [1.29, 1.82) is 5.26 Å². The first-order valence-electron chi connectivity index (χ1n) is 6.39. The summed E-state index contributed by atoms with van der Waals surface area (Å²) in [6.45, 7) is 7.30. The van der Waals surface area contributed by atoms with Crippen LogP contribution in [0.1, 0.15) is 45.9 Å². The number of hydrogen-bond donors (Lipinski definition) is 1. The molecule has 0 aliphatic heterocycles. The van der Waals surface area contributed by atoms with Gasteiger partial charge < -0.3 is 0 Å². The van der Waals surface area contributed by atoms with Crippen molar-refractivity contribution in [3.8, 4) is 6.07 Å². The minimum Gasteiger partial charge on any atom is -0.297 e. The van der Waals surface area contributed by atoms with Crippen molar-refractivity contribution in [2.75, 3.05) is 0 Å². The summed E-state index contributed by atoms with van der Waals surface area (Å²) in [7, 11) is 0. The van der Waals surface area contributed by atoms with E-state index >= 15 is 0 Å². The van der Waals surface area contributed by atoms with Crippen LogP contribution in [0.2, 0.25) is 0 Å². The predicted molar refractivity (Wildman–Crippen MR) is 68.8 cm³/mol. The third kappa shape index (κ3) is 4.23. The van der Waals surface area contributed by atoms with Crippen molar-refractivity contribution in [3.05, 3.63) is 18.0 Å². The molecule has 1 aromatic heterocycles. The van der Waals surface area contributed by atoms with Gasteiger partial charge in [0.1, 0.15) is 5.54 Å². The molecule has 0 saturated heterocycles. The first-order chi connectivity index (χ1) is 9.07. The fourth-order valence-electron chi connectivity index (χ4n) is 2.19. The molecule has 2 unspecified atom stereocenters. The van der Waals surface area contributed by atoms with Gasteiger partial charge in [-0.2, -0.15) is 23.5 Å². The van der Waals surface area contributed by atoms with Crippen LogP contribution in [0.5, 0.6) is 0 Å². The molecule has 0 aromatic carbocycles. The van der Waals surface area contributed by atoms with Crippen molar-refractivity contribution in [2.45, 2.75) is 57.9 Å². The normalized spacial score (nSPS) is 16.8. The van der Waals surface area contributed by atoms with Crippen molar-refractivity contribution in [3.63, 3.8) is 0 Å². The molecule has 1 N–H and O–H groups in total. The maximum atomic E-state index is 12.5. The molecular formula is C13H19F3N4. The third-order valence-electron chi connectivity index (χ3n) is 2.91. The first-order valence-corrected chi connectivity index (χ1v) is 6.39. The highest BCUT2D eigenvalue weighted by Crippen LogP contribution is 2.29. The van der Waals surface area contributed by atoms with Gasteiger partial charge in [-0.05, 0) is 33.8 Å². The highest BCUT2D eigenvalue weighted by atomic mass is 19.4. The monoisotopic (exact) mass is 288 g/mol. The van der Waals surface area contributed by atoms with Gasteiger partial charge in [0.15, 0.2) is 5.69 Å². The molecule has 2 atom stereocenters. The largest absolute Gasteiger partial charge is 0.435 e. The Morgan fingerprint density at radius 2 is 2.00 bits per heavy atom. The number of rotatable bonds is 5. The Hall–Kier alpha value is -1.55. The molecule has 1 heterocycles. The summed E-state index contributed by atoms with van der Waals surface area (Å²) in [5.41, 5.74) is -1.72. The van der Waals surface area contributed by atoms with Gasteiger partial charge in [-0.25, -0.2) is 0 Å². The van der Waals surface area contributed by atoms with Crippen LogP contribution in [-0.2, 0) is 6.18 Å². The van der Waals surface area contributed by atoms with Gasteiger partial charge in [0.25, 0.3) is 0 Å². The molecule has 0 bridgehead atoms. The van der Waals surface area contributed by atoms with E-state index in [0.717, 1.165) is 6.07 Å². The molecule has 0 spiro atoms. The van der Waals surface area contributed by atoms with Gasteiger partial charge in [0, 0.05) is 18.7 Å². The molecule has 0 saturated carbocycles. The molecule has 1 aromatic rings. The van der Waals surface area contributed by atoms with Gasteiger partial charge in [-0.3, -0.25) is 10.00 Å².